The van der Waals surface area contributed by atoms with Gasteiger partial charge in [-0.15, -0.1) is 0 Å². The molecule has 2 aliphatic heterocycles. The molecule has 4 rings (SSSR count). The topological polar surface area (TPSA) is 44.3 Å². The third-order valence-electron chi connectivity index (χ3n) is 6.22. The molecule has 2 saturated heterocycles. The Balaban J connectivity index is 1.43. The molecule has 0 amide bonds. The highest BCUT2D eigenvalue weighted by Gasteiger charge is 2.18. The molecule has 5 heteroatoms. The van der Waals surface area contributed by atoms with Crippen molar-refractivity contribution in [2.75, 3.05) is 41.3 Å². The largest absolute Gasteiger partial charge is 0.372 e. The van der Waals surface area contributed by atoms with Crippen LogP contribution in [-0.2, 0) is 0 Å². The van der Waals surface area contributed by atoms with Gasteiger partial charge in [0.15, 0.2) is 0 Å². The van der Waals surface area contributed by atoms with Crippen molar-refractivity contribution in [3.63, 3.8) is 0 Å². The average molecular weight is 380 g/mol. The summed E-state index contributed by atoms with van der Waals surface area (Å²) in [7, 11) is 0. The fourth-order valence-electron chi connectivity index (χ4n) is 4.19. The number of aryl methyl sites for hydroxylation is 1. The minimum absolute atomic E-state index is 0.817. The van der Waals surface area contributed by atoms with Crippen molar-refractivity contribution in [3.05, 3.63) is 36.2 Å². The van der Waals surface area contributed by atoms with Crippen molar-refractivity contribution in [2.24, 2.45) is 11.8 Å². The molecule has 2 aliphatic rings. The Morgan fingerprint density at radius 2 is 1.39 bits per heavy atom. The van der Waals surface area contributed by atoms with Crippen LogP contribution in [-0.4, -0.2) is 36.1 Å². The summed E-state index contributed by atoms with van der Waals surface area (Å²) < 4.78 is 0. The van der Waals surface area contributed by atoms with Gasteiger partial charge in [0, 0.05) is 43.6 Å². The molecule has 3 heterocycles. The van der Waals surface area contributed by atoms with E-state index in [2.05, 4.69) is 69.3 Å². The Bertz CT molecular complexity index is 772. The number of rotatable bonds is 4. The fourth-order valence-corrected chi connectivity index (χ4v) is 4.19. The Morgan fingerprint density at radius 3 is 2.00 bits per heavy atom. The van der Waals surface area contributed by atoms with Gasteiger partial charge in [-0.1, -0.05) is 13.8 Å². The Kier molecular flexibility index (Phi) is 5.69. The number of nitrogens with zero attached hydrogens (tertiary/aromatic N) is 4. The predicted molar refractivity (Wildman–Crippen MR) is 118 cm³/mol. The minimum Gasteiger partial charge on any atom is -0.372 e. The number of hydrogen-bond acceptors (Lipinski definition) is 5. The third kappa shape index (κ3) is 4.57. The van der Waals surface area contributed by atoms with Gasteiger partial charge < -0.3 is 15.1 Å². The lowest BCUT2D eigenvalue weighted by atomic mass is 9.99. The zero-order chi connectivity index (χ0) is 19.5. The van der Waals surface area contributed by atoms with Crippen molar-refractivity contribution in [1.29, 1.82) is 0 Å². The Labute approximate surface area is 169 Å². The van der Waals surface area contributed by atoms with Crippen molar-refractivity contribution in [1.82, 2.24) is 9.97 Å². The zero-order valence-corrected chi connectivity index (χ0v) is 17.5. The summed E-state index contributed by atoms with van der Waals surface area (Å²) >= 11 is 0. The number of hydrogen-bond donors (Lipinski definition) is 1. The second kappa shape index (κ2) is 8.38. The van der Waals surface area contributed by atoms with E-state index in [-0.39, 0.29) is 0 Å². The molecule has 2 aromatic rings. The van der Waals surface area contributed by atoms with Crippen LogP contribution in [0.2, 0.25) is 0 Å². The highest BCUT2D eigenvalue weighted by atomic mass is 15.2. The van der Waals surface area contributed by atoms with E-state index >= 15 is 0 Å². The second-order valence-electron chi connectivity index (χ2n) is 8.67. The minimum atomic E-state index is 0.817. The first-order valence-electron chi connectivity index (χ1n) is 10.8. The van der Waals surface area contributed by atoms with Crippen LogP contribution in [0.5, 0.6) is 0 Å². The van der Waals surface area contributed by atoms with Crippen LogP contribution in [0, 0.1) is 18.8 Å². The molecule has 1 N–H and O–H groups in total. The van der Waals surface area contributed by atoms with Crippen LogP contribution < -0.4 is 15.1 Å². The molecule has 28 heavy (non-hydrogen) atoms. The van der Waals surface area contributed by atoms with Gasteiger partial charge in [-0.25, -0.2) is 9.97 Å². The molecule has 1 aromatic carbocycles. The summed E-state index contributed by atoms with van der Waals surface area (Å²) in [5, 5.41) is 3.47. The highest BCUT2D eigenvalue weighted by molar-refractivity contribution is 5.63. The van der Waals surface area contributed by atoms with E-state index in [9.17, 15) is 0 Å². The van der Waals surface area contributed by atoms with Gasteiger partial charge in [0.05, 0.1) is 0 Å². The van der Waals surface area contributed by atoms with Gasteiger partial charge in [0.25, 0.3) is 0 Å². The molecule has 0 radical (unpaired) electrons. The van der Waals surface area contributed by atoms with Crippen molar-refractivity contribution in [2.45, 2.75) is 46.5 Å². The van der Waals surface area contributed by atoms with Crippen molar-refractivity contribution in [3.8, 4) is 0 Å². The smallest absolute Gasteiger partial charge is 0.136 e. The molecular weight excluding hydrogens is 346 g/mol. The average Bonchev–Trinajstić information content (AvgIpc) is 2.69. The summed E-state index contributed by atoms with van der Waals surface area (Å²) in [4.78, 5) is 14.2. The van der Waals surface area contributed by atoms with Gasteiger partial charge in [0.1, 0.15) is 17.5 Å². The summed E-state index contributed by atoms with van der Waals surface area (Å²) in [6.07, 6.45) is 5.06. The van der Waals surface area contributed by atoms with E-state index in [0.29, 0.717) is 0 Å². The molecule has 0 bridgehead atoms. The molecule has 2 fully saturated rings. The number of piperidine rings is 2. The molecule has 0 atom stereocenters. The van der Waals surface area contributed by atoms with Crippen LogP contribution in [0.1, 0.15) is 45.4 Å². The normalized spacial score (nSPS) is 19.1. The van der Waals surface area contributed by atoms with E-state index in [1.165, 1.54) is 31.4 Å². The first-order valence-corrected chi connectivity index (χ1v) is 10.8. The van der Waals surface area contributed by atoms with Crippen LogP contribution in [0.25, 0.3) is 0 Å². The van der Waals surface area contributed by atoms with E-state index < -0.39 is 0 Å². The molecule has 150 valence electrons. The SMILES string of the molecule is Cc1nc(Nc2ccc(N3CCC(C)CC3)cc2)cc(N2CCC(C)CC2)n1. The molecule has 1 aromatic heterocycles. The summed E-state index contributed by atoms with van der Waals surface area (Å²) in [6, 6.07) is 10.8. The number of nitrogens with one attached hydrogen (secondary N) is 1. The quantitative estimate of drug-likeness (QED) is 0.810. The number of benzene rings is 1. The molecule has 0 aliphatic carbocycles. The lowest BCUT2D eigenvalue weighted by molar-refractivity contribution is 0.436. The first-order chi connectivity index (χ1) is 13.6. The highest BCUT2D eigenvalue weighted by Crippen LogP contribution is 2.27. The van der Waals surface area contributed by atoms with Crippen molar-refractivity contribution >= 4 is 23.0 Å². The maximum atomic E-state index is 4.67. The van der Waals surface area contributed by atoms with E-state index in [1.807, 2.05) is 6.92 Å². The van der Waals surface area contributed by atoms with Gasteiger partial charge in [0.2, 0.25) is 0 Å². The lowest BCUT2D eigenvalue weighted by Gasteiger charge is -2.32. The fraction of sp³-hybridized carbons (Fsp3) is 0.565. The summed E-state index contributed by atoms with van der Waals surface area (Å²) in [5.41, 5.74) is 2.39. The van der Waals surface area contributed by atoms with Crippen LogP contribution in [0.15, 0.2) is 30.3 Å². The Hall–Kier alpha value is -2.30. The number of aromatic nitrogens is 2. The third-order valence-corrected chi connectivity index (χ3v) is 6.22. The van der Waals surface area contributed by atoms with Crippen LogP contribution in [0.4, 0.5) is 23.0 Å². The first kappa shape index (κ1) is 19.0. The second-order valence-corrected chi connectivity index (χ2v) is 8.67. The maximum Gasteiger partial charge on any atom is 0.136 e. The summed E-state index contributed by atoms with van der Waals surface area (Å²) in [6.45, 7) is 11.2. The molecule has 0 unspecified atom stereocenters. The number of anilines is 4. The molecule has 0 spiro atoms. The molecule has 0 saturated carbocycles. The van der Waals surface area contributed by atoms with Gasteiger partial charge in [-0.05, 0) is 68.7 Å². The van der Waals surface area contributed by atoms with E-state index in [1.54, 1.807) is 0 Å². The van der Waals surface area contributed by atoms with Gasteiger partial charge in [-0.2, -0.15) is 0 Å². The van der Waals surface area contributed by atoms with Gasteiger partial charge >= 0.3 is 0 Å². The monoisotopic (exact) mass is 379 g/mol. The van der Waals surface area contributed by atoms with Gasteiger partial charge in [-0.3, -0.25) is 0 Å². The maximum absolute atomic E-state index is 4.67. The van der Waals surface area contributed by atoms with E-state index in [0.717, 1.165) is 61.2 Å². The molecular formula is C23H33N5. The van der Waals surface area contributed by atoms with Crippen LogP contribution in [0.3, 0.4) is 0 Å². The predicted octanol–water partition coefficient (Wildman–Crippen LogP) is 5.00. The standard InChI is InChI=1S/C23H33N5/c1-17-8-12-27(13-9-17)21-6-4-20(5-7-21)26-22-16-23(25-19(3)24-22)28-14-10-18(2)11-15-28/h4-7,16-18H,8-15H2,1-3H3,(H,24,25,26). The Morgan fingerprint density at radius 1 is 0.821 bits per heavy atom. The van der Waals surface area contributed by atoms with Crippen molar-refractivity contribution < 1.29 is 0 Å². The lowest BCUT2D eigenvalue weighted by Crippen LogP contribution is -2.33. The molecule has 5 nitrogen and oxygen atoms in total. The van der Waals surface area contributed by atoms with Crippen LogP contribution >= 0.6 is 0 Å². The zero-order valence-electron chi connectivity index (χ0n) is 17.5. The van der Waals surface area contributed by atoms with E-state index in [4.69, 9.17) is 0 Å². The summed E-state index contributed by atoms with van der Waals surface area (Å²) in [5.74, 6) is 4.41.